The number of amides is 1. The first kappa shape index (κ1) is 22.6. The zero-order valence-corrected chi connectivity index (χ0v) is 19.7. The summed E-state index contributed by atoms with van der Waals surface area (Å²) >= 11 is 6.34. The van der Waals surface area contributed by atoms with Gasteiger partial charge in [-0.3, -0.25) is 4.79 Å². The summed E-state index contributed by atoms with van der Waals surface area (Å²) in [4.78, 5) is 13.1. The topological polar surface area (TPSA) is 46.4 Å². The van der Waals surface area contributed by atoms with E-state index in [4.69, 9.17) is 11.6 Å². The van der Waals surface area contributed by atoms with Gasteiger partial charge in [0.1, 0.15) is 0 Å². The maximum absolute atomic E-state index is 13.1. The fourth-order valence-electron chi connectivity index (χ4n) is 4.05. The summed E-state index contributed by atoms with van der Waals surface area (Å²) in [5.74, 6) is -0.616. The molecular weight excluding hydrogens is 430 g/mol. The van der Waals surface area contributed by atoms with Crippen LogP contribution in [0.25, 0.3) is 5.69 Å². The number of rotatable bonds is 6. The van der Waals surface area contributed by atoms with Crippen LogP contribution in [0, 0.1) is 20.8 Å². The fourth-order valence-corrected chi connectivity index (χ4v) is 4.23. The number of hydrogen-bond donors (Lipinski definition) is 1. The van der Waals surface area contributed by atoms with Crippen molar-refractivity contribution in [1.82, 2.24) is 9.99 Å². The molecule has 4 aromatic rings. The predicted molar refractivity (Wildman–Crippen MR) is 135 cm³/mol. The van der Waals surface area contributed by atoms with E-state index in [2.05, 4.69) is 15.1 Å². The molecule has 166 valence electrons. The predicted octanol–water partition coefficient (Wildman–Crippen LogP) is 6.34. The number of hydrazone groups is 1. The molecule has 0 radical (unpaired) electrons. The summed E-state index contributed by atoms with van der Waals surface area (Å²) in [5, 5.41) is 5.02. The Balaban J connectivity index is 1.57. The molecule has 0 fully saturated rings. The molecule has 4 nitrogen and oxygen atoms in total. The molecule has 0 aliphatic heterocycles. The van der Waals surface area contributed by atoms with Gasteiger partial charge >= 0.3 is 0 Å². The number of nitrogens with zero attached hydrogens (tertiary/aromatic N) is 2. The van der Waals surface area contributed by atoms with E-state index in [0.29, 0.717) is 0 Å². The Morgan fingerprint density at radius 2 is 1.52 bits per heavy atom. The Kier molecular flexibility index (Phi) is 6.76. The van der Waals surface area contributed by atoms with Gasteiger partial charge in [0, 0.05) is 27.7 Å². The Morgan fingerprint density at radius 3 is 2.09 bits per heavy atom. The van der Waals surface area contributed by atoms with Crippen LogP contribution in [0.3, 0.4) is 0 Å². The van der Waals surface area contributed by atoms with Gasteiger partial charge in [-0.25, -0.2) is 5.43 Å². The molecule has 0 aliphatic carbocycles. The normalized spacial score (nSPS) is 11.3. The minimum Gasteiger partial charge on any atom is -0.318 e. The molecule has 1 amide bonds. The smallest absolute Gasteiger partial charge is 0.252 e. The molecule has 1 heterocycles. The minimum atomic E-state index is -0.438. The monoisotopic (exact) mass is 455 g/mol. The summed E-state index contributed by atoms with van der Waals surface area (Å²) < 4.78 is 2.13. The van der Waals surface area contributed by atoms with Crippen LogP contribution in [-0.4, -0.2) is 16.7 Å². The second-order valence-electron chi connectivity index (χ2n) is 8.08. The van der Waals surface area contributed by atoms with Crippen molar-refractivity contribution in [3.63, 3.8) is 0 Å². The summed E-state index contributed by atoms with van der Waals surface area (Å²) in [5.41, 5.74) is 9.64. The van der Waals surface area contributed by atoms with Gasteiger partial charge in [0.2, 0.25) is 0 Å². The van der Waals surface area contributed by atoms with Crippen LogP contribution in [0.1, 0.15) is 39.6 Å². The third kappa shape index (κ3) is 4.91. The Labute approximate surface area is 199 Å². The van der Waals surface area contributed by atoms with Crippen molar-refractivity contribution >= 4 is 23.7 Å². The minimum absolute atomic E-state index is 0.178. The molecule has 0 bridgehead atoms. The number of halogens is 1. The first-order chi connectivity index (χ1) is 16.0. The molecule has 0 atom stereocenters. The van der Waals surface area contributed by atoms with Crippen molar-refractivity contribution in [3.8, 4) is 5.69 Å². The fraction of sp³-hybridized carbons (Fsp3) is 0.143. The van der Waals surface area contributed by atoms with Crippen LogP contribution in [0.5, 0.6) is 0 Å². The van der Waals surface area contributed by atoms with E-state index in [9.17, 15) is 4.79 Å². The summed E-state index contributed by atoms with van der Waals surface area (Å²) in [6.45, 7) is 6.05. The largest absolute Gasteiger partial charge is 0.318 e. The molecule has 1 aromatic heterocycles. The Hall–Kier alpha value is -3.63. The second-order valence-corrected chi connectivity index (χ2v) is 8.49. The van der Waals surface area contributed by atoms with Crippen LogP contribution < -0.4 is 5.43 Å². The van der Waals surface area contributed by atoms with E-state index in [-0.39, 0.29) is 5.91 Å². The standard InChI is InChI=1S/C28H26ClN3O/c1-19-14-15-25(17-26(19)29)32-20(2)16-24(21(32)3)18-30-31-28(33)27(22-10-6-4-7-11-22)23-12-8-5-9-13-23/h4-18,27H,1-3H3,(H,31,33)/b30-18-. The van der Waals surface area contributed by atoms with E-state index in [1.165, 1.54) is 0 Å². The SMILES string of the molecule is Cc1ccc(-n2c(C)cc(/C=N\NC(=O)C(c3ccccc3)c3ccccc3)c2C)cc1Cl. The lowest BCUT2D eigenvalue weighted by Crippen LogP contribution is -2.26. The zero-order valence-electron chi connectivity index (χ0n) is 18.9. The second kappa shape index (κ2) is 9.88. The van der Waals surface area contributed by atoms with Crippen LogP contribution in [0.15, 0.2) is 90.0 Å². The van der Waals surface area contributed by atoms with Crippen LogP contribution in [0.2, 0.25) is 5.02 Å². The maximum Gasteiger partial charge on any atom is 0.252 e. The number of carbonyl (C=O) groups is 1. The highest BCUT2D eigenvalue weighted by Crippen LogP contribution is 2.26. The number of nitrogens with one attached hydrogen (secondary N) is 1. The lowest BCUT2D eigenvalue weighted by molar-refractivity contribution is -0.121. The number of aryl methyl sites for hydroxylation is 2. The third-order valence-corrected chi connectivity index (χ3v) is 6.20. The zero-order chi connectivity index (χ0) is 23.4. The molecule has 1 N–H and O–H groups in total. The van der Waals surface area contributed by atoms with Crippen LogP contribution >= 0.6 is 11.6 Å². The maximum atomic E-state index is 13.1. The van der Waals surface area contributed by atoms with Gasteiger partial charge in [0.05, 0.1) is 12.1 Å². The molecule has 3 aromatic carbocycles. The molecule has 0 spiro atoms. The van der Waals surface area contributed by atoms with Gasteiger partial charge in [-0.1, -0.05) is 78.3 Å². The number of hydrogen-bond acceptors (Lipinski definition) is 2. The molecule has 33 heavy (non-hydrogen) atoms. The summed E-state index contributed by atoms with van der Waals surface area (Å²) in [6, 6.07) is 27.5. The molecule has 0 unspecified atom stereocenters. The Bertz CT molecular complexity index is 1250. The van der Waals surface area contributed by atoms with Gasteiger partial charge in [0.25, 0.3) is 5.91 Å². The van der Waals surface area contributed by atoms with E-state index in [1.54, 1.807) is 6.21 Å². The molecule has 0 saturated heterocycles. The first-order valence-electron chi connectivity index (χ1n) is 10.8. The average Bonchev–Trinajstić information content (AvgIpc) is 3.10. The van der Waals surface area contributed by atoms with Gasteiger partial charge in [-0.15, -0.1) is 0 Å². The molecule has 0 saturated carbocycles. The van der Waals surface area contributed by atoms with Gasteiger partial charge < -0.3 is 4.57 Å². The van der Waals surface area contributed by atoms with E-state index in [1.807, 2.05) is 106 Å². The van der Waals surface area contributed by atoms with Crippen molar-refractivity contribution in [1.29, 1.82) is 0 Å². The average molecular weight is 456 g/mol. The van der Waals surface area contributed by atoms with Gasteiger partial charge in [-0.2, -0.15) is 5.10 Å². The number of benzene rings is 3. The highest BCUT2D eigenvalue weighted by Gasteiger charge is 2.22. The molecular formula is C28H26ClN3O. The molecule has 0 aliphatic rings. The van der Waals surface area contributed by atoms with Crippen molar-refractivity contribution < 1.29 is 4.79 Å². The lowest BCUT2D eigenvalue weighted by Gasteiger charge is -2.16. The molecule has 4 rings (SSSR count). The van der Waals surface area contributed by atoms with Crippen molar-refractivity contribution in [2.45, 2.75) is 26.7 Å². The summed E-state index contributed by atoms with van der Waals surface area (Å²) in [6.07, 6.45) is 1.69. The van der Waals surface area contributed by atoms with E-state index < -0.39 is 5.92 Å². The third-order valence-electron chi connectivity index (χ3n) is 5.79. The lowest BCUT2D eigenvalue weighted by atomic mass is 9.91. The molecule has 5 heteroatoms. The quantitative estimate of drug-likeness (QED) is 0.267. The number of carbonyl (C=O) groups excluding carboxylic acids is 1. The Morgan fingerprint density at radius 1 is 0.909 bits per heavy atom. The number of aromatic nitrogens is 1. The highest BCUT2D eigenvalue weighted by molar-refractivity contribution is 6.31. The van der Waals surface area contributed by atoms with E-state index >= 15 is 0 Å². The van der Waals surface area contributed by atoms with Crippen molar-refractivity contribution in [2.24, 2.45) is 5.10 Å². The van der Waals surface area contributed by atoms with Crippen molar-refractivity contribution in [2.75, 3.05) is 0 Å². The van der Waals surface area contributed by atoms with Crippen molar-refractivity contribution in [3.05, 3.63) is 124 Å². The van der Waals surface area contributed by atoms with E-state index in [0.717, 1.165) is 44.4 Å². The van der Waals surface area contributed by atoms with Crippen LogP contribution in [0.4, 0.5) is 0 Å². The van der Waals surface area contributed by atoms with Crippen LogP contribution in [-0.2, 0) is 4.79 Å². The summed E-state index contributed by atoms with van der Waals surface area (Å²) in [7, 11) is 0. The highest BCUT2D eigenvalue weighted by atomic mass is 35.5. The first-order valence-corrected chi connectivity index (χ1v) is 11.2. The van der Waals surface area contributed by atoms with Gasteiger partial charge in [-0.05, 0) is 55.7 Å². The van der Waals surface area contributed by atoms with Gasteiger partial charge in [0.15, 0.2) is 0 Å².